The molecule has 2 aliphatic rings. The molecule has 1 N–H and O–H groups in total. The Hall–Kier alpha value is -2.42. The highest BCUT2D eigenvalue weighted by molar-refractivity contribution is 7.97. The van der Waals surface area contributed by atoms with E-state index in [1.807, 2.05) is 30.3 Å². The molecule has 1 amide bonds. The predicted octanol–water partition coefficient (Wildman–Crippen LogP) is 4.30. The van der Waals surface area contributed by atoms with Gasteiger partial charge in [-0.05, 0) is 66.8 Å². The molecule has 0 aliphatic carbocycles. The van der Waals surface area contributed by atoms with Crippen molar-refractivity contribution in [2.75, 3.05) is 26.2 Å². The molecule has 0 spiro atoms. The van der Waals surface area contributed by atoms with E-state index in [1.165, 1.54) is 23.3 Å². The number of benzene rings is 2. The van der Waals surface area contributed by atoms with Crippen molar-refractivity contribution in [1.29, 1.82) is 0 Å². The number of halogens is 2. The second-order valence-corrected chi connectivity index (χ2v) is 9.81. The fraction of sp³-hybridized carbons (Fsp3) is 0.375. The molecular weight excluding hydrogens is 434 g/mol. The molecule has 0 radical (unpaired) electrons. The first-order valence-electron chi connectivity index (χ1n) is 10.4. The van der Waals surface area contributed by atoms with Gasteiger partial charge in [-0.15, -0.1) is 0 Å². The molecule has 2 aliphatic heterocycles. The van der Waals surface area contributed by atoms with Crippen molar-refractivity contribution in [3.05, 3.63) is 71.3 Å². The number of hydrogen-bond acceptors (Lipinski definition) is 5. The molecule has 0 aromatic heterocycles. The van der Waals surface area contributed by atoms with Crippen LogP contribution in [0.1, 0.15) is 25.3 Å². The zero-order chi connectivity index (χ0) is 22.9. The molecule has 2 heterocycles. The molecular formula is C24H26F2N2O3S. The molecule has 2 aromatic carbocycles. The van der Waals surface area contributed by atoms with Gasteiger partial charge in [0, 0.05) is 31.1 Å². The minimum atomic E-state index is -2.82. The van der Waals surface area contributed by atoms with E-state index in [0.717, 1.165) is 23.5 Å². The second kappa shape index (κ2) is 9.21. The maximum atomic E-state index is 13.1. The van der Waals surface area contributed by atoms with Gasteiger partial charge in [0.1, 0.15) is 5.75 Å². The van der Waals surface area contributed by atoms with Crippen LogP contribution in [0.4, 0.5) is 8.78 Å². The van der Waals surface area contributed by atoms with Crippen LogP contribution in [0.3, 0.4) is 0 Å². The Labute approximate surface area is 190 Å². The summed E-state index contributed by atoms with van der Waals surface area (Å²) < 4.78 is 31.0. The van der Waals surface area contributed by atoms with Gasteiger partial charge in [-0.3, -0.25) is 4.79 Å². The second-order valence-electron chi connectivity index (χ2n) is 8.64. The van der Waals surface area contributed by atoms with Crippen LogP contribution in [-0.2, 0) is 4.79 Å². The van der Waals surface area contributed by atoms with Gasteiger partial charge in [0.2, 0.25) is 5.91 Å². The lowest BCUT2D eigenvalue weighted by molar-refractivity contribution is -0.139. The van der Waals surface area contributed by atoms with Crippen LogP contribution in [-0.4, -0.2) is 58.6 Å². The number of carbonyl (C=O) groups excluding carboxylic acids is 1. The zero-order valence-corrected chi connectivity index (χ0v) is 18.8. The van der Waals surface area contributed by atoms with Gasteiger partial charge in [-0.25, -0.2) is 4.31 Å². The van der Waals surface area contributed by atoms with E-state index >= 15 is 0 Å². The van der Waals surface area contributed by atoms with Gasteiger partial charge in [0.15, 0.2) is 0 Å². The Balaban J connectivity index is 1.30. The third kappa shape index (κ3) is 5.14. The van der Waals surface area contributed by atoms with Crippen LogP contribution in [0.25, 0.3) is 0 Å². The molecule has 2 saturated heterocycles. The largest absolute Gasteiger partial charge is 0.435 e. The van der Waals surface area contributed by atoms with Crippen LogP contribution < -0.4 is 4.74 Å². The fourth-order valence-electron chi connectivity index (χ4n) is 3.97. The van der Waals surface area contributed by atoms with Crippen molar-refractivity contribution < 1.29 is 23.4 Å². The number of alkyl halides is 2. The van der Waals surface area contributed by atoms with Gasteiger partial charge in [-0.1, -0.05) is 30.3 Å². The highest BCUT2D eigenvalue weighted by Gasteiger charge is 2.41. The summed E-state index contributed by atoms with van der Waals surface area (Å²) in [6.07, 6.45) is 0. The molecule has 0 bridgehead atoms. The molecule has 170 valence electrons. The number of carbonyl (C=O) groups is 1. The normalized spacial score (nSPS) is 17.8. The Morgan fingerprint density at radius 2 is 1.59 bits per heavy atom. The number of likely N-dealkylation sites (tertiary alicyclic amines) is 1. The SMILES string of the molecule is CC(C)(O)C(C(=O)N1CC(=C2CN(Sc3ccc(OC(F)F)cc3)C2)C1)c1ccccc1. The third-order valence-electron chi connectivity index (χ3n) is 5.68. The first kappa shape index (κ1) is 22.8. The smallest absolute Gasteiger partial charge is 0.387 e. The molecule has 0 saturated carbocycles. The highest BCUT2D eigenvalue weighted by atomic mass is 32.2. The number of aliphatic hydroxyl groups is 1. The fourth-order valence-corrected chi connectivity index (χ4v) is 4.97. The van der Waals surface area contributed by atoms with E-state index in [1.54, 1.807) is 42.8 Å². The molecule has 2 fully saturated rings. The van der Waals surface area contributed by atoms with Crippen LogP contribution in [0.15, 0.2) is 70.6 Å². The summed E-state index contributed by atoms with van der Waals surface area (Å²) in [7, 11) is 0. The van der Waals surface area contributed by atoms with Crippen LogP contribution >= 0.6 is 11.9 Å². The summed E-state index contributed by atoms with van der Waals surface area (Å²) in [5.41, 5.74) is 2.28. The standard InChI is InChI=1S/C24H26F2N2O3S/c1-24(2,30)21(16-6-4-3-5-7-16)22(29)27-12-17(13-27)18-14-28(15-18)32-20-10-8-19(9-11-20)31-23(25)26/h3-11,21,23,30H,12-15H2,1-2H3. The molecule has 5 nitrogen and oxygen atoms in total. The third-order valence-corrected chi connectivity index (χ3v) is 6.68. The van der Waals surface area contributed by atoms with Crippen molar-refractivity contribution in [3.8, 4) is 5.75 Å². The summed E-state index contributed by atoms with van der Waals surface area (Å²) in [5, 5.41) is 10.6. The first-order chi connectivity index (χ1) is 15.2. The zero-order valence-electron chi connectivity index (χ0n) is 18.0. The van der Waals surface area contributed by atoms with E-state index in [9.17, 15) is 18.7 Å². The van der Waals surface area contributed by atoms with Gasteiger partial charge in [-0.2, -0.15) is 8.78 Å². The monoisotopic (exact) mass is 460 g/mol. The van der Waals surface area contributed by atoms with E-state index in [4.69, 9.17) is 0 Å². The van der Waals surface area contributed by atoms with E-state index in [0.29, 0.717) is 13.1 Å². The van der Waals surface area contributed by atoms with Gasteiger partial charge < -0.3 is 14.7 Å². The molecule has 8 heteroatoms. The van der Waals surface area contributed by atoms with Gasteiger partial charge >= 0.3 is 6.61 Å². The van der Waals surface area contributed by atoms with Crippen molar-refractivity contribution in [2.24, 2.45) is 0 Å². The topological polar surface area (TPSA) is 53.0 Å². The van der Waals surface area contributed by atoms with E-state index in [2.05, 4.69) is 9.04 Å². The van der Waals surface area contributed by atoms with Crippen molar-refractivity contribution in [2.45, 2.75) is 36.9 Å². The Morgan fingerprint density at radius 1 is 1.00 bits per heavy atom. The Kier molecular flexibility index (Phi) is 6.55. The molecule has 1 unspecified atom stereocenters. The lowest BCUT2D eigenvalue weighted by atomic mass is 9.82. The van der Waals surface area contributed by atoms with Crippen LogP contribution in [0.5, 0.6) is 5.75 Å². The summed E-state index contributed by atoms with van der Waals surface area (Å²) in [6.45, 7) is 3.36. The molecule has 1 atom stereocenters. The average molecular weight is 461 g/mol. The summed E-state index contributed by atoms with van der Waals surface area (Å²) in [5.74, 6) is -0.500. The lowest BCUT2D eigenvalue weighted by Crippen LogP contribution is -2.52. The lowest BCUT2D eigenvalue weighted by Gasteiger charge is -2.44. The van der Waals surface area contributed by atoms with Gasteiger partial charge in [0.05, 0.1) is 11.5 Å². The maximum absolute atomic E-state index is 13.1. The minimum Gasteiger partial charge on any atom is -0.435 e. The average Bonchev–Trinajstić information content (AvgIpc) is 2.65. The number of rotatable bonds is 7. The first-order valence-corrected chi connectivity index (χ1v) is 11.2. The number of amides is 1. The van der Waals surface area contributed by atoms with E-state index in [-0.39, 0.29) is 11.7 Å². The van der Waals surface area contributed by atoms with Crippen LogP contribution in [0, 0.1) is 0 Å². The summed E-state index contributed by atoms with van der Waals surface area (Å²) >= 11 is 1.57. The van der Waals surface area contributed by atoms with Crippen molar-refractivity contribution in [3.63, 3.8) is 0 Å². The molecule has 32 heavy (non-hydrogen) atoms. The van der Waals surface area contributed by atoms with Crippen LogP contribution in [0.2, 0.25) is 0 Å². The number of ether oxygens (including phenoxy) is 1. The predicted molar refractivity (Wildman–Crippen MR) is 120 cm³/mol. The summed E-state index contributed by atoms with van der Waals surface area (Å²) in [4.78, 5) is 15.9. The Bertz CT molecular complexity index is 975. The maximum Gasteiger partial charge on any atom is 0.387 e. The van der Waals surface area contributed by atoms with Gasteiger partial charge in [0.25, 0.3) is 0 Å². The summed E-state index contributed by atoms with van der Waals surface area (Å²) in [6, 6.07) is 16.0. The minimum absolute atomic E-state index is 0.0512. The van der Waals surface area contributed by atoms with Crippen molar-refractivity contribution in [1.82, 2.24) is 9.21 Å². The molecule has 2 aromatic rings. The van der Waals surface area contributed by atoms with Crippen molar-refractivity contribution >= 4 is 17.9 Å². The quantitative estimate of drug-likeness (QED) is 0.493. The molecule has 4 rings (SSSR count). The number of nitrogens with zero attached hydrogens (tertiary/aromatic N) is 2. The Morgan fingerprint density at radius 3 is 2.16 bits per heavy atom. The van der Waals surface area contributed by atoms with E-state index < -0.39 is 18.1 Å². The highest BCUT2D eigenvalue weighted by Crippen LogP contribution is 2.36. The number of hydrogen-bond donors (Lipinski definition) is 1.